The lowest BCUT2D eigenvalue weighted by Gasteiger charge is -2.12. The smallest absolute Gasteiger partial charge is 0.406 e. The van der Waals surface area contributed by atoms with E-state index in [1.807, 2.05) is 5.38 Å². The summed E-state index contributed by atoms with van der Waals surface area (Å²) >= 11 is 2.49. The van der Waals surface area contributed by atoms with Crippen molar-refractivity contribution in [2.75, 3.05) is 0 Å². The lowest BCUT2D eigenvalue weighted by Crippen LogP contribution is -2.19. The van der Waals surface area contributed by atoms with E-state index in [9.17, 15) is 17.6 Å². The van der Waals surface area contributed by atoms with Crippen molar-refractivity contribution in [3.05, 3.63) is 70.7 Å². The molecule has 4 aromatic rings. The van der Waals surface area contributed by atoms with Gasteiger partial charge in [0.15, 0.2) is 11.0 Å². The van der Waals surface area contributed by atoms with E-state index in [1.165, 1.54) is 48.0 Å². The molecule has 0 fully saturated rings. The van der Waals surface area contributed by atoms with Crippen molar-refractivity contribution in [3.63, 3.8) is 0 Å². The van der Waals surface area contributed by atoms with Gasteiger partial charge in [-0.2, -0.15) is 13.2 Å². The van der Waals surface area contributed by atoms with Crippen LogP contribution >= 0.6 is 23.1 Å². The molecule has 0 bridgehead atoms. The number of alkyl halides is 3. The number of hydrogen-bond donors (Lipinski definition) is 0. The van der Waals surface area contributed by atoms with Crippen LogP contribution in [0.1, 0.15) is 10.7 Å². The molecular formula is C20H15F4N5OS2. The van der Waals surface area contributed by atoms with E-state index in [1.54, 1.807) is 12.1 Å². The van der Waals surface area contributed by atoms with Gasteiger partial charge in [-0.3, -0.25) is 9.55 Å². The summed E-state index contributed by atoms with van der Waals surface area (Å²) in [6.45, 7) is -0.995. The van der Waals surface area contributed by atoms with Gasteiger partial charge >= 0.3 is 6.18 Å². The number of rotatable bonds is 8. The average Bonchev–Trinajstić information content (AvgIpc) is 3.38. The van der Waals surface area contributed by atoms with Gasteiger partial charge in [-0.25, -0.2) is 9.37 Å². The maximum absolute atomic E-state index is 13.2. The summed E-state index contributed by atoms with van der Waals surface area (Å²) < 4.78 is 59.1. The summed E-state index contributed by atoms with van der Waals surface area (Å²) in [4.78, 5) is 8.32. The highest BCUT2D eigenvalue weighted by molar-refractivity contribution is 7.98. The second-order valence-electron chi connectivity index (χ2n) is 6.51. The zero-order valence-corrected chi connectivity index (χ0v) is 17.9. The molecule has 0 saturated heterocycles. The second-order valence-corrected chi connectivity index (χ2v) is 8.39. The van der Waals surface area contributed by atoms with Crippen molar-refractivity contribution in [3.8, 4) is 17.1 Å². The predicted molar refractivity (Wildman–Crippen MR) is 112 cm³/mol. The third-order valence-corrected chi connectivity index (χ3v) is 5.99. The summed E-state index contributed by atoms with van der Waals surface area (Å²) in [6, 6.07) is 8.81. The third kappa shape index (κ3) is 5.82. The summed E-state index contributed by atoms with van der Waals surface area (Å²) in [5, 5.41) is 10.6. The SMILES string of the molecule is Fc1ccc(OCc2nc(CSc3nnc(-c4ccncc4)n3CC(F)(F)F)cs2)cc1. The van der Waals surface area contributed by atoms with E-state index in [0.29, 0.717) is 27.8 Å². The Labute approximate surface area is 188 Å². The van der Waals surface area contributed by atoms with Crippen molar-refractivity contribution in [1.29, 1.82) is 0 Å². The molecule has 0 radical (unpaired) electrons. The molecule has 6 nitrogen and oxygen atoms in total. The molecule has 3 aromatic heterocycles. The largest absolute Gasteiger partial charge is 0.486 e. The molecule has 0 aliphatic heterocycles. The van der Waals surface area contributed by atoms with Crippen LogP contribution in [0.15, 0.2) is 59.3 Å². The Morgan fingerprint density at radius 3 is 2.50 bits per heavy atom. The summed E-state index contributed by atoms with van der Waals surface area (Å²) in [7, 11) is 0. The van der Waals surface area contributed by atoms with Crippen molar-refractivity contribution in [2.45, 2.75) is 30.2 Å². The Morgan fingerprint density at radius 2 is 1.78 bits per heavy atom. The van der Waals surface area contributed by atoms with Crippen molar-refractivity contribution in [2.24, 2.45) is 0 Å². The molecule has 0 saturated carbocycles. The minimum Gasteiger partial charge on any atom is -0.486 e. The molecule has 0 atom stereocenters. The monoisotopic (exact) mass is 481 g/mol. The number of pyridine rings is 1. The van der Waals surface area contributed by atoms with Crippen LogP contribution in [0.5, 0.6) is 5.75 Å². The normalized spacial score (nSPS) is 11.6. The molecule has 1 aromatic carbocycles. The van der Waals surface area contributed by atoms with Crippen molar-refractivity contribution >= 4 is 23.1 Å². The number of benzene rings is 1. The zero-order chi connectivity index (χ0) is 22.6. The van der Waals surface area contributed by atoms with Crippen LogP contribution in [0.3, 0.4) is 0 Å². The highest BCUT2D eigenvalue weighted by Gasteiger charge is 2.31. The highest BCUT2D eigenvalue weighted by Crippen LogP contribution is 2.30. The summed E-state index contributed by atoms with van der Waals surface area (Å²) in [5.74, 6) is 0.607. The fourth-order valence-electron chi connectivity index (χ4n) is 2.73. The van der Waals surface area contributed by atoms with Crippen LogP contribution in [0.25, 0.3) is 11.4 Å². The first-order chi connectivity index (χ1) is 15.4. The molecule has 0 amide bonds. The minimum atomic E-state index is -4.43. The molecule has 4 rings (SSSR count). The second kappa shape index (κ2) is 9.65. The van der Waals surface area contributed by atoms with Gasteiger partial charge in [-0.15, -0.1) is 21.5 Å². The number of ether oxygens (including phenoxy) is 1. The van der Waals surface area contributed by atoms with Crippen LogP contribution in [-0.4, -0.2) is 30.9 Å². The minimum absolute atomic E-state index is 0.124. The Morgan fingerprint density at radius 1 is 1.03 bits per heavy atom. The standard InChI is InChI=1S/C20H15F4N5OS2/c21-14-1-3-16(4-2-14)30-9-17-26-15(10-31-17)11-32-19-28-27-18(13-5-7-25-8-6-13)29(19)12-20(22,23)24/h1-8,10H,9,11-12H2. The molecule has 0 unspecified atom stereocenters. The Kier molecular flexibility index (Phi) is 6.70. The average molecular weight is 482 g/mol. The predicted octanol–water partition coefficient (Wildman–Crippen LogP) is 5.37. The fourth-order valence-corrected chi connectivity index (χ4v) is 4.37. The molecule has 3 heterocycles. The quantitative estimate of drug-likeness (QED) is 0.249. The lowest BCUT2D eigenvalue weighted by atomic mass is 10.2. The first-order valence-electron chi connectivity index (χ1n) is 9.22. The Bertz CT molecular complexity index is 1160. The number of thiazole rings is 1. The van der Waals surface area contributed by atoms with Gasteiger partial charge < -0.3 is 4.74 Å². The van der Waals surface area contributed by atoms with Gasteiger partial charge in [0.2, 0.25) is 0 Å². The molecule has 0 aliphatic rings. The summed E-state index contributed by atoms with van der Waals surface area (Å²) in [6.07, 6.45) is -1.45. The Balaban J connectivity index is 1.43. The number of nitrogens with zero attached hydrogens (tertiary/aromatic N) is 5. The summed E-state index contributed by atoms with van der Waals surface area (Å²) in [5.41, 5.74) is 1.18. The number of halogens is 4. The molecule has 32 heavy (non-hydrogen) atoms. The van der Waals surface area contributed by atoms with E-state index in [0.717, 1.165) is 16.3 Å². The Hall–Kier alpha value is -2.99. The van der Waals surface area contributed by atoms with Crippen LogP contribution in [0.2, 0.25) is 0 Å². The molecule has 0 spiro atoms. The number of aromatic nitrogens is 5. The van der Waals surface area contributed by atoms with Gasteiger partial charge in [0.1, 0.15) is 29.7 Å². The highest BCUT2D eigenvalue weighted by atomic mass is 32.2. The number of thioether (sulfide) groups is 1. The first kappa shape index (κ1) is 22.2. The maximum atomic E-state index is 13.2. The molecular weight excluding hydrogens is 466 g/mol. The van der Waals surface area contributed by atoms with Gasteiger partial charge in [0, 0.05) is 29.1 Å². The fraction of sp³-hybridized carbons (Fsp3) is 0.200. The van der Waals surface area contributed by atoms with E-state index < -0.39 is 12.7 Å². The van der Waals surface area contributed by atoms with Gasteiger partial charge in [0.25, 0.3) is 0 Å². The number of hydrogen-bond acceptors (Lipinski definition) is 7. The molecule has 166 valence electrons. The lowest BCUT2D eigenvalue weighted by molar-refractivity contribution is -0.141. The van der Waals surface area contributed by atoms with Crippen LogP contribution in [-0.2, 0) is 18.9 Å². The van der Waals surface area contributed by atoms with E-state index in [2.05, 4.69) is 20.2 Å². The van der Waals surface area contributed by atoms with Crippen LogP contribution in [0, 0.1) is 5.82 Å². The maximum Gasteiger partial charge on any atom is 0.406 e. The third-order valence-electron chi connectivity index (χ3n) is 4.12. The van der Waals surface area contributed by atoms with Crippen molar-refractivity contribution in [1.82, 2.24) is 24.7 Å². The van der Waals surface area contributed by atoms with E-state index >= 15 is 0 Å². The molecule has 0 aliphatic carbocycles. The first-order valence-corrected chi connectivity index (χ1v) is 11.1. The van der Waals surface area contributed by atoms with Gasteiger partial charge in [-0.05, 0) is 36.4 Å². The zero-order valence-electron chi connectivity index (χ0n) is 16.3. The van der Waals surface area contributed by atoms with Gasteiger partial charge in [-0.1, -0.05) is 11.8 Å². The van der Waals surface area contributed by atoms with E-state index in [4.69, 9.17) is 4.74 Å². The van der Waals surface area contributed by atoms with Crippen LogP contribution in [0.4, 0.5) is 17.6 Å². The van der Waals surface area contributed by atoms with Crippen LogP contribution < -0.4 is 4.74 Å². The van der Waals surface area contributed by atoms with E-state index in [-0.39, 0.29) is 23.4 Å². The topological polar surface area (TPSA) is 65.7 Å². The van der Waals surface area contributed by atoms with Gasteiger partial charge in [0.05, 0.1) is 5.69 Å². The van der Waals surface area contributed by atoms with Crippen molar-refractivity contribution < 1.29 is 22.3 Å². The molecule has 0 N–H and O–H groups in total. The molecule has 12 heteroatoms.